The Morgan fingerprint density at radius 1 is 1.50 bits per heavy atom. The van der Waals surface area contributed by atoms with Crippen LogP contribution in [-0.4, -0.2) is 19.4 Å². The van der Waals surface area contributed by atoms with E-state index in [1.165, 1.54) is 11.3 Å². The molecule has 0 aliphatic heterocycles. The summed E-state index contributed by atoms with van der Waals surface area (Å²) in [5.41, 5.74) is 1.16. The standard InChI is InChI=1S/C11H17NOS/c1-4-9(5-2)12(3)10-6-11(7-13)14-8-10/h6-9H,4-5H2,1-3H3. The minimum atomic E-state index is 0.573. The molecule has 0 fully saturated rings. The van der Waals surface area contributed by atoms with Crippen molar-refractivity contribution in [1.82, 2.24) is 0 Å². The van der Waals surface area contributed by atoms with Crippen molar-refractivity contribution in [2.75, 3.05) is 11.9 Å². The Morgan fingerprint density at radius 2 is 2.14 bits per heavy atom. The summed E-state index contributed by atoms with van der Waals surface area (Å²) in [6.07, 6.45) is 3.19. The normalized spacial score (nSPS) is 10.6. The molecule has 0 atom stereocenters. The molecular formula is C11H17NOS. The Hall–Kier alpha value is -0.830. The number of carbonyl (C=O) groups excluding carboxylic acids is 1. The first-order chi connectivity index (χ1) is 6.72. The van der Waals surface area contributed by atoms with E-state index < -0.39 is 0 Å². The van der Waals surface area contributed by atoms with Crippen LogP contribution in [0.1, 0.15) is 36.4 Å². The minimum absolute atomic E-state index is 0.573. The summed E-state index contributed by atoms with van der Waals surface area (Å²) >= 11 is 1.51. The van der Waals surface area contributed by atoms with Gasteiger partial charge >= 0.3 is 0 Å². The Balaban J connectivity index is 2.76. The van der Waals surface area contributed by atoms with Crippen LogP contribution in [0.3, 0.4) is 0 Å². The Labute approximate surface area is 89.5 Å². The van der Waals surface area contributed by atoms with Crippen molar-refractivity contribution in [1.29, 1.82) is 0 Å². The third kappa shape index (κ3) is 2.35. The fourth-order valence-electron chi connectivity index (χ4n) is 1.64. The molecule has 0 amide bonds. The topological polar surface area (TPSA) is 20.3 Å². The lowest BCUT2D eigenvalue weighted by molar-refractivity contribution is 0.112. The summed E-state index contributed by atoms with van der Waals surface area (Å²) in [5, 5.41) is 2.04. The lowest BCUT2D eigenvalue weighted by atomic mass is 10.1. The predicted octanol–water partition coefficient (Wildman–Crippen LogP) is 3.19. The van der Waals surface area contributed by atoms with Gasteiger partial charge in [-0.2, -0.15) is 0 Å². The second-order valence-corrected chi connectivity index (χ2v) is 4.35. The van der Waals surface area contributed by atoms with Crippen molar-refractivity contribution < 1.29 is 4.79 Å². The van der Waals surface area contributed by atoms with Gasteiger partial charge in [-0.1, -0.05) is 13.8 Å². The highest BCUT2D eigenvalue weighted by Gasteiger charge is 2.12. The molecule has 3 heteroatoms. The zero-order chi connectivity index (χ0) is 10.6. The maximum atomic E-state index is 10.5. The number of nitrogens with zero attached hydrogens (tertiary/aromatic N) is 1. The van der Waals surface area contributed by atoms with Crippen molar-refractivity contribution >= 4 is 23.3 Å². The molecule has 14 heavy (non-hydrogen) atoms. The van der Waals surface area contributed by atoms with Crippen molar-refractivity contribution in [3.05, 3.63) is 16.3 Å². The first kappa shape index (κ1) is 11.2. The van der Waals surface area contributed by atoms with Gasteiger partial charge in [0.1, 0.15) is 0 Å². The summed E-state index contributed by atoms with van der Waals surface area (Å²) in [4.78, 5) is 13.6. The largest absolute Gasteiger partial charge is 0.371 e. The van der Waals surface area contributed by atoms with Crippen molar-refractivity contribution in [2.45, 2.75) is 32.7 Å². The van der Waals surface area contributed by atoms with E-state index in [9.17, 15) is 4.79 Å². The third-order valence-corrected chi connectivity index (χ3v) is 3.47. The third-order valence-electron chi connectivity index (χ3n) is 2.62. The van der Waals surface area contributed by atoms with Crippen LogP contribution in [0, 0.1) is 0 Å². The average Bonchev–Trinajstić information content (AvgIpc) is 2.67. The van der Waals surface area contributed by atoms with Crippen molar-refractivity contribution in [3.63, 3.8) is 0 Å². The van der Waals surface area contributed by atoms with Crippen LogP contribution in [-0.2, 0) is 0 Å². The van der Waals surface area contributed by atoms with E-state index in [1.807, 2.05) is 11.4 Å². The molecule has 0 aliphatic rings. The van der Waals surface area contributed by atoms with Gasteiger partial charge in [0.05, 0.1) is 4.88 Å². The maximum Gasteiger partial charge on any atom is 0.160 e. The fraction of sp³-hybridized carbons (Fsp3) is 0.545. The van der Waals surface area contributed by atoms with Crippen LogP contribution in [0.25, 0.3) is 0 Å². The highest BCUT2D eigenvalue weighted by molar-refractivity contribution is 7.12. The molecule has 0 spiro atoms. The molecule has 0 saturated heterocycles. The molecule has 0 aromatic carbocycles. The molecule has 1 aromatic rings. The zero-order valence-electron chi connectivity index (χ0n) is 8.99. The summed E-state index contributed by atoms with van der Waals surface area (Å²) in [6, 6.07) is 2.53. The minimum Gasteiger partial charge on any atom is -0.371 e. The molecule has 0 saturated carbocycles. The summed E-state index contributed by atoms with van der Waals surface area (Å²) in [7, 11) is 2.09. The van der Waals surface area contributed by atoms with Gasteiger partial charge in [0.2, 0.25) is 0 Å². The SMILES string of the molecule is CCC(CC)N(C)c1csc(C=O)c1. The predicted molar refractivity (Wildman–Crippen MR) is 62.5 cm³/mol. The van der Waals surface area contributed by atoms with E-state index >= 15 is 0 Å². The lowest BCUT2D eigenvalue weighted by Gasteiger charge is -2.27. The first-order valence-corrected chi connectivity index (χ1v) is 5.87. The Morgan fingerprint density at radius 3 is 2.57 bits per heavy atom. The fourth-order valence-corrected chi connectivity index (χ4v) is 2.37. The first-order valence-electron chi connectivity index (χ1n) is 4.99. The molecular weight excluding hydrogens is 194 g/mol. The number of hydrogen-bond donors (Lipinski definition) is 0. The number of anilines is 1. The summed E-state index contributed by atoms with van der Waals surface area (Å²) in [5.74, 6) is 0. The summed E-state index contributed by atoms with van der Waals surface area (Å²) in [6.45, 7) is 4.38. The van der Waals surface area contributed by atoms with Crippen LogP contribution in [0.15, 0.2) is 11.4 Å². The highest BCUT2D eigenvalue weighted by atomic mass is 32.1. The molecule has 1 heterocycles. The molecule has 0 radical (unpaired) electrons. The average molecular weight is 211 g/mol. The molecule has 1 rings (SSSR count). The highest BCUT2D eigenvalue weighted by Crippen LogP contribution is 2.24. The second kappa shape index (κ2) is 5.15. The van der Waals surface area contributed by atoms with E-state index in [1.54, 1.807) is 0 Å². The van der Waals surface area contributed by atoms with Crippen LogP contribution >= 0.6 is 11.3 Å². The number of carbonyl (C=O) groups is 1. The molecule has 0 N–H and O–H groups in total. The molecule has 1 aromatic heterocycles. The Bertz CT molecular complexity index is 291. The van der Waals surface area contributed by atoms with Gasteiger partial charge in [-0.15, -0.1) is 11.3 Å². The van der Waals surface area contributed by atoms with Crippen molar-refractivity contribution in [3.8, 4) is 0 Å². The zero-order valence-corrected chi connectivity index (χ0v) is 9.80. The molecule has 78 valence electrons. The van der Waals surface area contributed by atoms with Gasteiger partial charge in [-0.3, -0.25) is 4.79 Å². The van der Waals surface area contributed by atoms with Crippen LogP contribution in [0.4, 0.5) is 5.69 Å². The quantitative estimate of drug-likeness (QED) is 0.697. The van der Waals surface area contributed by atoms with Gasteiger partial charge in [-0.25, -0.2) is 0 Å². The van der Waals surface area contributed by atoms with E-state index in [4.69, 9.17) is 0 Å². The van der Waals surface area contributed by atoms with Crippen LogP contribution < -0.4 is 4.90 Å². The number of aldehydes is 1. The number of rotatable bonds is 5. The van der Waals surface area contributed by atoms with E-state index in [0.29, 0.717) is 6.04 Å². The van der Waals surface area contributed by atoms with Crippen LogP contribution in [0.5, 0.6) is 0 Å². The van der Waals surface area contributed by atoms with Crippen molar-refractivity contribution in [2.24, 2.45) is 0 Å². The number of hydrogen-bond acceptors (Lipinski definition) is 3. The van der Waals surface area contributed by atoms with Gasteiger partial charge in [-0.05, 0) is 18.9 Å². The second-order valence-electron chi connectivity index (χ2n) is 3.41. The Kier molecular flexibility index (Phi) is 4.14. The molecule has 0 bridgehead atoms. The molecule has 2 nitrogen and oxygen atoms in total. The van der Waals surface area contributed by atoms with E-state index in [2.05, 4.69) is 25.8 Å². The van der Waals surface area contributed by atoms with Crippen LogP contribution in [0.2, 0.25) is 0 Å². The number of thiophene rings is 1. The van der Waals surface area contributed by atoms with Gasteiger partial charge in [0.15, 0.2) is 6.29 Å². The lowest BCUT2D eigenvalue weighted by Crippen LogP contribution is -2.29. The van der Waals surface area contributed by atoms with Gasteiger partial charge in [0.25, 0.3) is 0 Å². The smallest absolute Gasteiger partial charge is 0.160 e. The summed E-state index contributed by atoms with van der Waals surface area (Å²) < 4.78 is 0. The van der Waals surface area contributed by atoms with E-state index in [0.717, 1.165) is 29.7 Å². The monoisotopic (exact) mass is 211 g/mol. The maximum absolute atomic E-state index is 10.5. The molecule has 0 unspecified atom stereocenters. The van der Waals surface area contributed by atoms with Gasteiger partial charge in [0, 0.05) is 24.2 Å². The van der Waals surface area contributed by atoms with Gasteiger partial charge < -0.3 is 4.90 Å². The van der Waals surface area contributed by atoms with E-state index in [-0.39, 0.29) is 0 Å². The molecule has 0 aliphatic carbocycles.